The van der Waals surface area contributed by atoms with Gasteiger partial charge in [-0.3, -0.25) is 9.00 Å². The summed E-state index contributed by atoms with van der Waals surface area (Å²) in [6.07, 6.45) is 1.16. The predicted octanol–water partition coefficient (Wildman–Crippen LogP) is 2.98. The van der Waals surface area contributed by atoms with Gasteiger partial charge in [0.15, 0.2) is 0 Å². The molecule has 0 aliphatic carbocycles. The van der Waals surface area contributed by atoms with E-state index >= 15 is 0 Å². The number of aryl methyl sites for hydroxylation is 1. The van der Waals surface area contributed by atoms with Gasteiger partial charge in [-0.1, -0.05) is 25.1 Å². The Bertz CT molecular complexity index is 611. The van der Waals surface area contributed by atoms with Crippen LogP contribution in [0.1, 0.15) is 24.0 Å². The maximum atomic E-state index is 12.0. The van der Waals surface area contributed by atoms with Crippen LogP contribution in [0, 0.1) is 0 Å². The van der Waals surface area contributed by atoms with Crippen LogP contribution in [0.3, 0.4) is 0 Å². The number of rotatable bonds is 7. The third-order valence-corrected chi connectivity index (χ3v) is 5.14. The highest BCUT2D eigenvalue weighted by molar-refractivity contribution is 7.84. The Hall–Kier alpha value is -1.53. The molecule has 1 N–H and O–H groups in total. The number of anilines is 1. The van der Waals surface area contributed by atoms with Crippen LogP contribution >= 0.6 is 11.3 Å². The van der Waals surface area contributed by atoms with Crippen molar-refractivity contribution in [3.63, 3.8) is 0 Å². The van der Waals surface area contributed by atoms with Crippen LogP contribution < -0.4 is 5.32 Å². The number of carbonyl (C=O) groups is 1. The van der Waals surface area contributed by atoms with Crippen molar-refractivity contribution in [3.05, 3.63) is 46.4 Å². The van der Waals surface area contributed by atoms with E-state index in [-0.39, 0.29) is 12.3 Å². The largest absolute Gasteiger partial charge is 0.326 e. The first kappa shape index (κ1) is 15.9. The van der Waals surface area contributed by atoms with E-state index < -0.39 is 10.8 Å². The standard InChI is InChI=1S/C15H18N2O2S2/c1-2-15-17-13(10-20-15)11-21(19)9-8-14(18)16-12-6-4-3-5-7-12/h3-7,10H,2,8-9,11H2,1H3,(H,16,18)/t21-/m1/s1. The van der Waals surface area contributed by atoms with E-state index in [1.54, 1.807) is 11.3 Å². The van der Waals surface area contributed by atoms with Gasteiger partial charge in [0.05, 0.1) is 16.5 Å². The molecule has 6 heteroatoms. The fourth-order valence-corrected chi connectivity index (χ4v) is 3.65. The molecule has 2 aromatic rings. The first-order valence-corrected chi connectivity index (χ1v) is 9.17. The van der Waals surface area contributed by atoms with E-state index in [0.29, 0.717) is 11.5 Å². The molecule has 1 aromatic heterocycles. The lowest BCUT2D eigenvalue weighted by molar-refractivity contribution is -0.115. The molecular formula is C15H18N2O2S2. The maximum absolute atomic E-state index is 12.0. The third kappa shape index (κ3) is 5.40. The summed E-state index contributed by atoms with van der Waals surface area (Å²) in [5.41, 5.74) is 1.62. The normalized spacial score (nSPS) is 12.0. The highest BCUT2D eigenvalue weighted by atomic mass is 32.2. The minimum Gasteiger partial charge on any atom is -0.326 e. The lowest BCUT2D eigenvalue weighted by Gasteiger charge is -2.04. The number of aromatic nitrogens is 1. The van der Waals surface area contributed by atoms with E-state index in [2.05, 4.69) is 10.3 Å². The third-order valence-electron chi connectivity index (χ3n) is 2.82. The van der Waals surface area contributed by atoms with Gasteiger partial charge < -0.3 is 5.32 Å². The van der Waals surface area contributed by atoms with Gasteiger partial charge in [-0.15, -0.1) is 11.3 Å². The molecule has 0 radical (unpaired) electrons. The number of carbonyl (C=O) groups excluding carboxylic acids is 1. The van der Waals surface area contributed by atoms with Gasteiger partial charge in [0.1, 0.15) is 0 Å². The van der Waals surface area contributed by atoms with Crippen LogP contribution in [0.25, 0.3) is 0 Å². The maximum Gasteiger partial charge on any atom is 0.225 e. The zero-order valence-corrected chi connectivity index (χ0v) is 13.5. The van der Waals surface area contributed by atoms with Crippen molar-refractivity contribution < 1.29 is 9.00 Å². The number of nitrogens with one attached hydrogen (secondary N) is 1. The van der Waals surface area contributed by atoms with Gasteiger partial charge in [-0.2, -0.15) is 0 Å². The first-order valence-electron chi connectivity index (χ1n) is 6.80. The average molecular weight is 322 g/mol. The Morgan fingerprint density at radius 3 is 2.76 bits per heavy atom. The van der Waals surface area contributed by atoms with E-state index in [0.717, 1.165) is 22.8 Å². The average Bonchev–Trinajstić information content (AvgIpc) is 2.94. The Labute approximate surface area is 131 Å². The molecule has 1 heterocycles. The monoisotopic (exact) mass is 322 g/mol. The van der Waals surface area contributed by atoms with Gasteiger partial charge in [-0.25, -0.2) is 4.98 Å². The molecule has 0 spiro atoms. The molecule has 4 nitrogen and oxygen atoms in total. The van der Waals surface area contributed by atoms with Crippen molar-refractivity contribution in [3.8, 4) is 0 Å². The molecule has 2 rings (SSSR count). The molecule has 1 amide bonds. The molecule has 0 fully saturated rings. The van der Waals surface area contributed by atoms with Crippen LogP contribution in [0.15, 0.2) is 35.7 Å². The molecule has 0 unspecified atom stereocenters. The summed E-state index contributed by atoms with van der Waals surface area (Å²) in [6.45, 7) is 2.05. The summed E-state index contributed by atoms with van der Waals surface area (Å²) in [5, 5.41) is 5.79. The molecule has 1 aromatic carbocycles. The van der Waals surface area contributed by atoms with E-state index in [9.17, 15) is 9.00 Å². The van der Waals surface area contributed by atoms with Crippen molar-refractivity contribution in [2.24, 2.45) is 0 Å². The zero-order chi connectivity index (χ0) is 15.1. The lowest BCUT2D eigenvalue weighted by atomic mass is 10.3. The molecule has 112 valence electrons. The van der Waals surface area contributed by atoms with Crippen molar-refractivity contribution in [1.29, 1.82) is 0 Å². The van der Waals surface area contributed by atoms with Crippen LogP contribution in [-0.2, 0) is 27.8 Å². The Morgan fingerprint density at radius 1 is 1.33 bits per heavy atom. The minimum atomic E-state index is -1.05. The second-order valence-corrected chi connectivity index (χ2v) is 7.06. The van der Waals surface area contributed by atoms with Gasteiger partial charge in [0.2, 0.25) is 5.91 Å². The topological polar surface area (TPSA) is 59.1 Å². The van der Waals surface area contributed by atoms with Crippen molar-refractivity contribution >= 4 is 33.7 Å². The summed E-state index contributed by atoms with van der Waals surface area (Å²) in [4.78, 5) is 16.1. The number of benzene rings is 1. The molecule has 0 saturated heterocycles. The number of amides is 1. The quantitative estimate of drug-likeness (QED) is 0.852. The van der Waals surface area contributed by atoms with Crippen LogP contribution in [-0.4, -0.2) is 20.9 Å². The van der Waals surface area contributed by atoms with Gasteiger partial charge in [-0.05, 0) is 18.6 Å². The summed E-state index contributed by atoms with van der Waals surface area (Å²) in [7, 11) is -1.05. The minimum absolute atomic E-state index is 0.109. The lowest BCUT2D eigenvalue weighted by Crippen LogP contribution is -2.15. The predicted molar refractivity (Wildman–Crippen MR) is 87.9 cm³/mol. The molecule has 0 bridgehead atoms. The van der Waals surface area contributed by atoms with Crippen molar-refractivity contribution in [2.75, 3.05) is 11.1 Å². The van der Waals surface area contributed by atoms with E-state index in [4.69, 9.17) is 0 Å². The number of hydrogen-bond donors (Lipinski definition) is 1. The van der Waals surface area contributed by atoms with Gasteiger partial charge in [0.25, 0.3) is 0 Å². The Balaban J connectivity index is 1.74. The molecular weight excluding hydrogens is 304 g/mol. The van der Waals surface area contributed by atoms with Gasteiger partial charge in [0, 0.05) is 34.0 Å². The number of nitrogens with zero attached hydrogens (tertiary/aromatic N) is 1. The highest BCUT2D eigenvalue weighted by Crippen LogP contribution is 2.12. The second kappa shape index (κ2) is 8.05. The first-order chi connectivity index (χ1) is 10.2. The highest BCUT2D eigenvalue weighted by Gasteiger charge is 2.09. The van der Waals surface area contributed by atoms with Gasteiger partial charge >= 0.3 is 0 Å². The van der Waals surface area contributed by atoms with Crippen molar-refractivity contribution in [1.82, 2.24) is 4.98 Å². The summed E-state index contributed by atoms with van der Waals surface area (Å²) in [6, 6.07) is 9.28. The Morgan fingerprint density at radius 2 is 2.10 bits per heavy atom. The molecule has 1 atom stereocenters. The zero-order valence-electron chi connectivity index (χ0n) is 11.9. The number of thiazole rings is 1. The van der Waals surface area contributed by atoms with E-state index in [1.807, 2.05) is 42.6 Å². The number of hydrogen-bond acceptors (Lipinski definition) is 4. The molecule has 0 aliphatic rings. The molecule has 21 heavy (non-hydrogen) atoms. The fourth-order valence-electron chi connectivity index (χ4n) is 1.77. The van der Waals surface area contributed by atoms with Crippen LogP contribution in [0.5, 0.6) is 0 Å². The van der Waals surface area contributed by atoms with Crippen LogP contribution in [0.2, 0.25) is 0 Å². The molecule has 0 aliphatic heterocycles. The molecule has 0 saturated carbocycles. The van der Waals surface area contributed by atoms with E-state index in [1.165, 1.54) is 0 Å². The summed E-state index contributed by atoms with van der Waals surface area (Å²) >= 11 is 1.59. The van der Waals surface area contributed by atoms with Crippen molar-refractivity contribution in [2.45, 2.75) is 25.5 Å². The second-order valence-electron chi connectivity index (χ2n) is 4.54. The fraction of sp³-hybridized carbons (Fsp3) is 0.333. The number of para-hydroxylation sites is 1. The van der Waals surface area contributed by atoms with Crippen LogP contribution in [0.4, 0.5) is 5.69 Å². The summed E-state index contributed by atoms with van der Waals surface area (Å²) < 4.78 is 12.0. The Kier molecular flexibility index (Phi) is 6.07. The SMILES string of the molecule is CCc1nc(C[S@](=O)CCC(=O)Nc2ccccc2)cs1. The smallest absolute Gasteiger partial charge is 0.225 e. The summed E-state index contributed by atoms with van der Waals surface area (Å²) in [5.74, 6) is 0.675.